The first kappa shape index (κ1) is 14.2. The second kappa shape index (κ2) is 5.43. The van der Waals surface area contributed by atoms with E-state index >= 15 is 0 Å². The Morgan fingerprint density at radius 2 is 1.68 bits per heavy atom. The lowest BCUT2D eigenvalue weighted by Crippen LogP contribution is -2.16. The van der Waals surface area contributed by atoms with E-state index in [1.54, 1.807) is 18.2 Å². The molecule has 0 saturated carbocycles. The molecule has 0 aliphatic heterocycles. The van der Waals surface area contributed by atoms with E-state index in [1.165, 1.54) is 5.56 Å². The van der Waals surface area contributed by atoms with Gasteiger partial charge < -0.3 is 5.73 Å². The second-order valence-corrected chi connectivity index (χ2v) is 5.79. The molecule has 0 saturated heterocycles. The molecular formula is C16H17BrFN. The van der Waals surface area contributed by atoms with Gasteiger partial charge >= 0.3 is 0 Å². The van der Waals surface area contributed by atoms with Gasteiger partial charge in [-0.1, -0.05) is 29.8 Å². The summed E-state index contributed by atoms with van der Waals surface area (Å²) in [4.78, 5) is 0. The Labute approximate surface area is 121 Å². The number of rotatable bonds is 2. The summed E-state index contributed by atoms with van der Waals surface area (Å²) in [6.07, 6.45) is 0. The minimum absolute atomic E-state index is 0.283. The summed E-state index contributed by atoms with van der Waals surface area (Å²) in [5.74, 6) is -0.283. The van der Waals surface area contributed by atoms with Crippen LogP contribution >= 0.6 is 15.9 Å². The Balaban J connectivity index is 2.56. The van der Waals surface area contributed by atoms with E-state index in [4.69, 9.17) is 5.73 Å². The van der Waals surface area contributed by atoms with Gasteiger partial charge in [-0.25, -0.2) is 4.39 Å². The van der Waals surface area contributed by atoms with Gasteiger partial charge in [0, 0.05) is 5.56 Å². The monoisotopic (exact) mass is 321 g/mol. The van der Waals surface area contributed by atoms with Crippen LogP contribution in [0.1, 0.15) is 33.9 Å². The third-order valence-corrected chi connectivity index (χ3v) is 3.98. The van der Waals surface area contributed by atoms with Crippen LogP contribution < -0.4 is 5.73 Å². The van der Waals surface area contributed by atoms with Crippen molar-refractivity contribution in [2.75, 3.05) is 0 Å². The van der Waals surface area contributed by atoms with E-state index in [0.717, 1.165) is 16.7 Å². The summed E-state index contributed by atoms with van der Waals surface area (Å²) in [5, 5.41) is 0. The van der Waals surface area contributed by atoms with Crippen LogP contribution in [0.5, 0.6) is 0 Å². The summed E-state index contributed by atoms with van der Waals surface area (Å²) >= 11 is 3.20. The van der Waals surface area contributed by atoms with Crippen LogP contribution in [0.4, 0.5) is 4.39 Å². The molecule has 3 heteroatoms. The van der Waals surface area contributed by atoms with Crippen LogP contribution in [0.15, 0.2) is 34.8 Å². The van der Waals surface area contributed by atoms with Crippen LogP contribution in [0, 0.1) is 26.6 Å². The lowest BCUT2D eigenvalue weighted by molar-refractivity contribution is 0.592. The van der Waals surface area contributed by atoms with E-state index in [1.807, 2.05) is 13.8 Å². The minimum Gasteiger partial charge on any atom is -0.320 e. The number of hydrogen-bond donors (Lipinski definition) is 1. The zero-order valence-corrected chi connectivity index (χ0v) is 12.9. The predicted molar refractivity (Wildman–Crippen MR) is 80.8 cm³/mol. The van der Waals surface area contributed by atoms with Crippen molar-refractivity contribution in [1.82, 2.24) is 0 Å². The highest BCUT2D eigenvalue weighted by Crippen LogP contribution is 2.30. The molecule has 2 aromatic rings. The Morgan fingerprint density at radius 1 is 1.11 bits per heavy atom. The van der Waals surface area contributed by atoms with Gasteiger partial charge in [0.1, 0.15) is 5.82 Å². The molecule has 0 aliphatic rings. The standard InChI is InChI=1S/C16H17BrFN/c1-9-7-10(2)14(11(3)8-9)16(19)12-5-4-6-13(17)15(12)18/h4-8,16H,19H2,1-3H3. The van der Waals surface area contributed by atoms with Crippen molar-refractivity contribution in [3.05, 3.63) is 68.4 Å². The highest BCUT2D eigenvalue weighted by Gasteiger charge is 2.18. The molecule has 100 valence electrons. The molecule has 1 unspecified atom stereocenters. The molecule has 0 aliphatic carbocycles. The first-order valence-corrected chi connectivity index (χ1v) is 6.98. The van der Waals surface area contributed by atoms with Crippen molar-refractivity contribution in [1.29, 1.82) is 0 Å². The average molecular weight is 322 g/mol. The fourth-order valence-electron chi connectivity index (χ4n) is 2.60. The van der Waals surface area contributed by atoms with Crippen LogP contribution in [-0.2, 0) is 0 Å². The summed E-state index contributed by atoms with van der Waals surface area (Å²) in [5.41, 5.74) is 11.2. The molecular weight excluding hydrogens is 305 g/mol. The lowest BCUT2D eigenvalue weighted by Gasteiger charge is -2.19. The molecule has 2 rings (SSSR count). The molecule has 0 fully saturated rings. The Kier molecular flexibility index (Phi) is 4.07. The normalized spacial score (nSPS) is 12.5. The molecule has 1 atom stereocenters. The SMILES string of the molecule is Cc1cc(C)c(C(N)c2cccc(Br)c2F)c(C)c1. The van der Waals surface area contributed by atoms with Crippen LogP contribution in [0.25, 0.3) is 0 Å². The molecule has 2 aromatic carbocycles. The van der Waals surface area contributed by atoms with Crippen LogP contribution in [0.3, 0.4) is 0 Å². The highest BCUT2D eigenvalue weighted by atomic mass is 79.9. The van der Waals surface area contributed by atoms with E-state index in [9.17, 15) is 4.39 Å². The first-order chi connectivity index (χ1) is 8.91. The molecule has 0 radical (unpaired) electrons. The maximum atomic E-state index is 14.2. The number of benzene rings is 2. The molecule has 19 heavy (non-hydrogen) atoms. The maximum Gasteiger partial charge on any atom is 0.142 e. The summed E-state index contributed by atoms with van der Waals surface area (Å²) in [6.45, 7) is 6.09. The van der Waals surface area contributed by atoms with Crippen LogP contribution in [-0.4, -0.2) is 0 Å². The quantitative estimate of drug-likeness (QED) is 0.862. The Bertz CT molecular complexity index is 599. The van der Waals surface area contributed by atoms with E-state index < -0.39 is 6.04 Å². The van der Waals surface area contributed by atoms with Gasteiger partial charge in [-0.05, 0) is 59.5 Å². The second-order valence-electron chi connectivity index (χ2n) is 4.93. The van der Waals surface area contributed by atoms with E-state index in [0.29, 0.717) is 10.0 Å². The van der Waals surface area contributed by atoms with Crippen molar-refractivity contribution < 1.29 is 4.39 Å². The molecule has 0 heterocycles. The molecule has 0 bridgehead atoms. The largest absolute Gasteiger partial charge is 0.320 e. The molecule has 0 aromatic heterocycles. The van der Waals surface area contributed by atoms with Crippen molar-refractivity contribution in [3.8, 4) is 0 Å². The fraction of sp³-hybridized carbons (Fsp3) is 0.250. The number of nitrogens with two attached hydrogens (primary N) is 1. The third kappa shape index (κ3) is 2.72. The third-order valence-electron chi connectivity index (χ3n) is 3.37. The van der Waals surface area contributed by atoms with Gasteiger partial charge in [-0.2, -0.15) is 0 Å². The molecule has 0 amide bonds. The van der Waals surface area contributed by atoms with E-state index in [-0.39, 0.29) is 5.82 Å². The van der Waals surface area contributed by atoms with Crippen molar-refractivity contribution >= 4 is 15.9 Å². The topological polar surface area (TPSA) is 26.0 Å². The highest BCUT2D eigenvalue weighted by molar-refractivity contribution is 9.10. The summed E-state index contributed by atoms with van der Waals surface area (Å²) in [7, 11) is 0. The summed E-state index contributed by atoms with van der Waals surface area (Å²) < 4.78 is 14.6. The van der Waals surface area contributed by atoms with Gasteiger partial charge in [-0.3, -0.25) is 0 Å². The van der Waals surface area contributed by atoms with Crippen molar-refractivity contribution in [2.45, 2.75) is 26.8 Å². The zero-order valence-electron chi connectivity index (χ0n) is 11.3. The van der Waals surface area contributed by atoms with Gasteiger partial charge in [0.2, 0.25) is 0 Å². The Morgan fingerprint density at radius 3 is 2.26 bits per heavy atom. The molecule has 0 spiro atoms. The van der Waals surface area contributed by atoms with Gasteiger partial charge in [0.25, 0.3) is 0 Å². The molecule has 2 N–H and O–H groups in total. The van der Waals surface area contributed by atoms with Gasteiger partial charge in [0.05, 0.1) is 10.5 Å². The lowest BCUT2D eigenvalue weighted by atomic mass is 9.90. The van der Waals surface area contributed by atoms with Gasteiger partial charge in [-0.15, -0.1) is 0 Å². The smallest absolute Gasteiger partial charge is 0.142 e. The zero-order chi connectivity index (χ0) is 14.2. The Hall–Kier alpha value is -1.19. The van der Waals surface area contributed by atoms with Crippen molar-refractivity contribution in [3.63, 3.8) is 0 Å². The van der Waals surface area contributed by atoms with Crippen LogP contribution in [0.2, 0.25) is 0 Å². The number of halogens is 2. The minimum atomic E-state index is -0.446. The average Bonchev–Trinajstić information content (AvgIpc) is 2.31. The maximum absolute atomic E-state index is 14.2. The fourth-order valence-corrected chi connectivity index (χ4v) is 2.98. The van der Waals surface area contributed by atoms with Crippen molar-refractivity contribution in [2.24, 2.45) is 5.73 Å². The molecule has 1 nitrogen and oxygen atoms in total. The van der Waals surface area contributed by atoms with Gasteiger partial charge in [0.15, 0.2) is 0 Å². The predicted octanol–water partition coefficient (Wildman–Crippen LogP) is 4.56. The first-order valence-electron chi connectivity index (χ1n) is 6.19. The van der Waals surface area contributed by atoms with E-state index in [2.05, 4.69) is 35.0 Å². The number of hydrogen-bond acceptors (Lipinski definition) is 1. The summed E-state index contributed by atoms with van der Waals surface area (Å²) in [6, 6.07) is 8.94. The number of aryl methyl sites for hydroxylation is 3.